The van der Waals surface area contributed by atoms with Crippen molar-refractivity contribution < 1.29 is 0 Å². The second-order valence-electron chi connectivity index (χ2n) is 6.71. The SMILES string of the molecule is CCC(C)(C)C1CCC(NC(C)C(C)N)CC1. The fourth-order valence-electron chi connectivity index (χ4n) is 2.85. The predicted octanol–water partition coefficient (Wildman–Crippen LogP) is 3.31. The summed E-state index contributed by atoms with van der Waals surface area (Å²) in [5.74, 6) is 0.913. The number of nitrogens with one attached hydrogen (secondary N) is 1. The van der Waals surface area contributed by atoms with Crippen LogP contribution < -0.4 is 11.1 Å². The Hall–Kier alpha value is -0.0800. The van der Waals surface area contributed by atoms with Gasteiger partial charge in [-0.05, 0) is 50.9 Å². The molecule has 17 heavy (non-hydrogen) atoms. The quantitative estimate of drug-likeness (QED) is 0.774. The third kappa shape index (κ3) is 4.26. The van der Waals surface area contributed by atoms with Crippen LogP contribution in [-0.4, -0.2) is 18.1 Å². The molecule has 1 aliphatic rings. The molecule has 102 valence electrons. The molecule has 2 atom stereocenters. The van der Waals surface area contributed by atoms with Crippen LogP contribution in [0.2, 0.25) is 0 Å². The van der Waals surface area contributed by atoms with E-state index >= 15 is 0 Å². The molecular weight excluding hydrogens is 208 g/mol. The topological polar surface area (TPSA) is 38.0 Å². The Kier molecular flexibility index (Phi) is 5.46. The van der Waals surface area contributed by atoms with Crippen LogP contribution in [0.4, 0.5) is 0 Å². The Morgan fingerprint density at radius 1 is 1.18 bits per heavy atom. The molecule has 0 radical (unpaired) electrons. The van der Waals surface area contributed by atoms with Crippen molar-refractivity contribution in [2.24, 2.45) is 17.1 Å². The number of rotatable bonds is 5. The normalized spacial score (nSPS) is 30.0. The lowest BCUT2D eigenvalue weighted by atomic mass is 9.69. The fraction of sp³-hybridized carbons (Fsp3) is 1.00. The summed E-state index contributed by atoms with van der Waals surface area (Å²) in [6, 6.07) is 1.38. The molecule has 1 rings (SSSR count). The van der Waals surface area contributed by atoms with Crippen LogP contribution in [0.1, 0.15) is 66.7 Å². The second kappa shape index (κ2) is 6.19. The summed E-state index contributed by atoms with van der Waals surface area (Å²) < 4.78 is 0. The van der Waals surface area contributed by atoms with Gasteiger partial charge in [-0.1, -0.05) is 27.2 Å². The van der Waals surface area contributed by atoms with Gasteiger partial charge in [-0.3, -0.25) is 0 Å². The molecule has 0 spiro atoms. The average molecular weight is 240 g/mol. The Balaban J connectivity index is 2.36. The standard InChI is InChI=1S/C15H32N2/c1-6-15(4,5)13-7-9-14(10-8-13)17-12(3)11(2)16/h11-14,17H,6-10,16H2,1-5H3. The summed E-state index contributed by atoms with van der Waals surface area (Å²) in [6.07, 6.45) is 6.71. The second-order valence-corrected chi connectivity index (χ2v) is 6.71. The predicted molar refractivity (Wildman–Crippen MR) is 76.1 cm³/mol. The van der Waals surface area contributed by atoms with E-state index in [0.29, 0.717) is 17.5 Å². The molecule has 2 unspecified atom stereocenters. The molecule has 1 aliphatic carbocycles. The van der Waals surface area contributed by atoms with Gasteiger partial charge in [-0.2, -0.15) is 0 Å². The first-order valence-electron chi connectivity index (χ1n) is 7.38. The molecule has 0 aliphatic heterocycles. The lowest BCUT2D eigenvalue weighted by Gasteiger charge is -2.40. The molecule has 0 heterocycles. The van der Waals surface area contributed by atoms with Gasteiger partial charge in [0.05, 0.1) is 0 Å². The molecule has 1 fully saturated rings. The number of hydrogen-bond donors (Lipinski definition) is 2. The molecule has 2 nitrogen and oxygen atoms in total. The molecule has 2 heteroatoms. The van der Waals surface area contributed by atoms with Crippen molar-refractivity contribution in [3.8, 4) is 0 Å². The minimum atomic E-state index is 0.250. The van der Waals surface area contributed by atoms with E-state index in [1.54, 1.807) is 0 Å². The maximum Gasteiger partial charge on any atom is 0.0190 e. The molecule has 0 aromatic carbocycles. The summed E-state index contributed by atoms with van der Waals surface area (Å²) in [5.41, 5.74) is 6.43. The van der Waals surface area contributed by atoms with Crippen molar-refractivity contribution in [1.29, 1.82) is 0 Å². The van der Waals surface area contributed by atoms with Crippen LogP contribution in [-0.2, 0) is 0 Å². The van der Waals surface area contributed by atoms with Gasteiger partial charge >= 0.3 is 0 Å². The van der Waals surface area contributed by atoms with Gasteiger partial charge in [0.25, 0.3) is 0 Å². The highest BCUT2D eigenvalue weighted by Gasteiger charge is 2.32. The van der Waals surface area contributed by atoms with Crippen molar-refractivity contribution in [2.45, 2.75) is 84.8 Å². The maximum absolute atomic E-state index is 5.91. The van der Waals surface area contributed by atoms with Crippen LogP contribution in [0.25, 0.3) is 0 Å². The molecule has 0 amide bonds. The third-order valence-corrected chi connectivity index (χ3v) is 5.03. The van der Waals surface area contributed by atoms with E-state index < -0.39 is 0 Å². The summed E-state index contributed by atoms with van der Waals surface area (Å²) in [7, 11) is 0. The summed E-state index contributed by atoms with van der Waals surface area (Å²) in [4.78, 5) is 0. The van der Waals surface area contributed by atoms with Crippen molar-refractivity contribution in [3.05, 3.63) is 0 Å². The van der Waals surface area contributed by atoms with Crippen LogP contribution in [0.3, 0.4) is 0 Å². The van der Waals surface area contributed by atoms with Gasteiger partial charge in [-0.15, -0.1) is 0 Å². The Bertz CT molecular complexity index is 215. The van der Waals surface area contributed by atoms with Crippen molar-refractivity contribution >= 4 is 0 Å². The summed E-state index contributed by atoms with van der Waals surface area (Å²) >= 11 is 0. The van der Waals surface area contributed by atoms with E-state index in [0.717, 1.165) is 5.92 Å². The average Bonchev–Trinajstić information content (AvgIpc) is 2.29. The minimum Gasteiger partial charge on any atom is -0.327 e. The van der Waals surface area contributed by atoms with E-state index in [9.17, 15) is 0 Å². The van der Waals surface area contributed by atoms with Crippen molar-refractivity contribution in [2.75, 3.05) is 0 Å². The van der Waals surface area contributed by atoms with Crippen LogP contribution in [0.5, 0.6) is 0 Å². The van der Waals surface area contributed by atoms with E-state index in [2.05, 4.69) is 39.9 Å². The Morgan fingerprint density at radius 2 is 1.71 bits per heavy atom. The van der Waals surface area contributed by atoms with Gasteiger partial charge in [-0.25, -0.2) is 0 Å². The third-order valence-electron chi connectivity index (χ3n) is 5.03. The van der Waals surface area contributed by atoms with Gasteiger partial charge in [0.15, 0.2) is 0 Å². The molecule has 1 saturated carbocycles. The van der Waals surface area contributed by atoms with Gasteiger partial charge in [0, 0.05) is 18.1 Å². The van der Waals surface area contributed by atoms with Gasteiger partial charge in [0.1, 0.15) is 0 Å². The lowest BCUT2D eigenvalue weighted by Crippen LogP contribution is -2.47. The first kappa shape index (κ1) is 15.0. The van der Waals surface area contributed by atoms with E-state index in [4.69, 9.17) is 5.73 Å². The molecule has 0 bridgehead atoms. The smallest absolute Gasteiger partial charge is 0.0190 e. The molecule has 0 saturated heterocycles. The molecule has 0 aromatic rings. The van der Waals surface area contributed by atoms with E-state index in [1.807, 2.05) is 0 Å². The lowest BCUT2D eigenvalue weighted by molar-refractivity contribution is 0.133. The highest BCUT2D eigenvalue weighted by Crippen LogP contribution is 2.40. The fourth-order valence-corrected chi connectivity index (χ4v) is 2.85. The van der Waals surface area contributed by atoms with E-state index in [-0.39, 0.29) is 6.04 Å². The summed E-state index contributed by atoms with van der Waals surface area (Å²) in [6.45, 7) is 11.5. The molecular formula is C15H32N2. The van der Waals surface area contributed by atoms with Crippen molar-refractivity contribution in [3.63, 3.8) is 0 Å². The Labute approximate surface area is 108 Å². The van der Waals surface area contributed by atoms with Crippen LogP contribution in [0.15, 0.2) is 0 Å². The van der Waals surface area contributed by atoms with Crippen LogP contribution in [0, 0.1) is 11.3 Å². The highest BCUT2D eigenvalue weighted by atomic mass is 15.0. The maximum atomic E-state index is 5.91. The zero-order valence-electron chi connectivity index (χ0n) is 12.4. The highest BCUT2D eigenvalue weighted by molar-refractivity contribution is 4.86. The van der Waals surface area contributed by atoms with Crippen LogP contribution >= 0.6 is 0 Å². The first-order chi connectivity index (χ1) is 7.86. The first-order valence-corrected chi connectivity index (χ1v) is 7.38. The van der Waals surface area contributed by atoms with E-state index in [1.165, 1.54) is 32.1 Å². The molecule has 3 N–H and O–H groups in total. The zero-order valence-corrected chi connectivity index (χ0v) is 12.4. The number of nitrogens with two attached hydrogens (primary N) is 1. The van der Waals surface area contributed by atoms with Gasteiger partial charge in [0.2, 0.25) is 0 Å². The largest absolute Gasteiger partial charge is 0.327 e. The molecule has 0 aromatic heterocycles. The minimum absolute atomic E-state index is 0.250. The zero-order chi connectivity index (χ0) is 13.1. The monoisotopic (exact) mass is 240 g/mol. The van der Waals surface area contributed by atoms with Crippen molar-refractivity contribution in [1.82, 2.24) is 5.32 Å². The Morgan fingerprint density at radius 3 is 2.12 bits per heavy atom. The number of hydrogen-bond acceptors (Lipinski definition) is 2. The summed E-state index contributed by atoms with van der Waals surface area (Å²) in [5, 5.41) is 3.68. The van der Waals surface area contributed by atoms with Gasteiger partial charge < -0.3 is 11.1 Å².